The van der Waals surface area contributed by atoms with Gasteiger partial charge in [-0.25, -0.2) is 0 Å². The summed E-state index contributed by atoms with van der Waals surface area (Å²) in [6, 6.07) is 0. The number of hydrogen-bond donors (Lipinski definition) is 1. The quantitative estimate of drug-likeness (QED) is 0.724. The molecule has 0 saturated carbocycles. The number of nitrogens with zero attached hydrogens (tertiary/aromatic N) is 1. The maximum absolute atomic E-state index is 10.6. The molecule has 0 radical (unpaired) electrons. The van der Waals surface area contributed by atoms with E-state index in [2.05, 4.69) is 32.6 Å². The van der Waals surface area contributed by atoms with E-state index in [1.165, 1.54) is 13.1 Å². The first kappa shape index (κ1) is 15.5. The molecule has 0 aromatic heterocycles. The van der Waals surface area contributed by atoms with Gasteiger partial charge in [0.1, 0.15) is 0 Å². The molecule has 1 aliphatic heterocycles. The summed E-state index contributed by atoms with van der Waals surface area (Å²) < 4.78 is 0. The SMILES string of the molecule is CC(C)C(CCC(=O)O)CCN1CC(C(C)C)C1. The van der Waals surface area contributed by atoms with Gasteiger partial charge in [0.2, 0.25) is 0 Å². The molecular formula is C15H29NO2. The second kappa shape index (κ2) is 7.13. The van der Waals surface area contributed by atoms with Crippen molar-refractivity contribution in [2.24, 2.45) is 23.7 Å². The fraction of sp³-hybridized carbons (Fsp3) is 0.933. The molecule has 1 fully saturated rings. The van der Waals surface area contributed by atoms with Crippen molar-refractivity contribution in [2.45, 2.75) is 47.0 Å². The Labute approximate surface area is 112 Å². The van der Waals surface area contributed by atoms with Crippen LogP contribution in [0.5, 0.6) is 0 Å². The Morgan fingerprint density at radius 1 is 1.22 bits per heavy atom. The first-order valence-corrected chi connectivity index (χ1v) is 7.34. The number of aliphatic carboxylic acids is 1. The molecule has 1 unspecified atom stereocenters. The van der Waals surface area contributed by atoms with Gasteiger partial charge in [0.25, 0.3) is 0 Å². The van der Waals surface area contributed by atoms with E-state index in [1.807, 2.05) is 0 Å². The normalized spacial score (nSPS) is 19.2. The zero-order valence-electron chi connectivity index (χ0n) is 12.4. The van der Waals surface area contributed by atoms with E-state index >= 15 is 0 Å². The Morgan fingerprint density at radius 3 is 2.28 bits per heavy atom. The Kier molecular flexibility index (Phi) is 6.13. The molecule has 1 aliphatic rings. The molecule has 0 spiro atoms. The fourth-order valence-electron chi connectivity index (χ4n) is 2.68. The first-order valence-electron chi connectivity index (χ1n) is 7.34. The second-order valence-corrected chi connectivity index (χ2v) is 6.49. The minimum Gasteiger partial charge on any atom is -0.481 e. The predicted octanol–water partition coefficient (Wildman–Crippen LogP) is 3.10. The molecule has 0 aromatic carbocycles. The van der Waals surface area contributed by atoms with Gasteiger partial charge in [0, 0.05) is 19.5 Å². The number of carboxylic acids is 1. The van der Waals surface area contributed by atoms with Crippen molar-refractivity contribution in [3.63, 3.8) is 0 Å². The minimum absolute atomic E-state index is 0.317. The smallest absolute Gasteiger partial charge is 0.303 e. The maximum atomic E-state index is 10.6. The van der Waals surface area contributed by atoms with Crippen molar-refractivity contribution in [3.05, 3.63) is 0 Å². The molecule has 1 rings (SSSR count). The molecule has 1 saturated heterocycles. The lowest BCUT2D eigenvalue weighted by Gasteiger charge is -2.42. The van der Waals surface area contributed by atoms with E-state index < -0.39 is 5.97 Å². The fourth-order valence-corrected chi connectivity index (χ4v) is 2.68. The molecule has 0 aromatic rings. The number of carbonyl (C=O) groups is 1. The molecule has 0 aliphatic carbocycles. The summed E-state index contributed by atoms with van der Waals surface area (Å²) in [6.45, 7) is 12.6. The van der Waals surface area contributed by atoms with Crippen LogP contribution < -0.4 is 0 Å². The van der Waals surface area contributed by atoms with Crippen LogP contribution in [0.1, 0.15) is 47.0 Å². The molecule has 106 valence electrons. The standard InChI is InChI=1S/C15H29NO2/c1-11(2)13(5-6-15(17)18)7-8-16-9-14(10-16)12(3)4/h11-14H,5-10H2,1-4H3,(H,17,18). The molecular weight excluding hydrogens is 226 g/mol. The minimum atomic E-state index is -0.663. The lowest BCUT2D eigenvalue weighted by Crippen LogP contribution is -2.49. The summed E-state index contributed by atoms with van der Waals surface area (Å²) in [5.74, 6) is 2.16. The average molecular weight is 255 g/mol. The maximum Gasteiger partial charge on any atom is 0.303 e. The summed E-state index contributed by atoms with van der Waals surface area (Å²) >= 11 is 0. The number of hydrogen-bond acceptors (Lipinski definition) is 2. The van der Waals surface area contributed by atoms with Crippen LogP contribution in [-0.2, 0) is 4.79 Å². The van der Waals surface area contributed by atoms with Crippen LogP contribution in [0.2, 0.25) is 0 Å². The Balaban J connectivity index is 2.20. The van der Waals surface area contributed by atoms with Crippen LogP contribution in [0, 0.1) is 23.7 Å². The first-order chi connectivity index (χ1) is 8.40. The van der Waals surface area contributed by atoms with E-state index in [0.717, 1.165) is 31.2 Å². The van der Waals surface area contributed by atoms with Crippen LogP contribution in [-0.4, -0.2) is 35.6 Å². The zero-order valence-corrected chi connectivity index (χ0v) is 12.4. The molecule has 0 bridgehead atoms. The lowest BCUT2D eigenvalue weighted by molar-refractivity contribution is -0.137. The third kappa shape index (κ3) is 4.97. The number of rotatable bonds is 8. The van der Waals surface area contributed by atoms with Gasteiger partial charge < -0.3 is 10.0 Å². The van der Waals surface area contributed by atoms with Gasteiger partial charge in [-0.1, -0.05) is 27.7 Å². The highest BCUT2D eigenvalue weighted by Crippen LogP contribution is 2.26. The molecule has 0 amide bonds. The topological polar surface area (TPSA) is 40.5 Å². The summed E-state index contributed by atoms with van der Waals surface area (Å²) in [4.78, 5) is 13.2. The van der Waals surface area contributed by atoms with Crippen LogP contribution >= 0.6 is 0 Å². The summed E-state index contributed by atoms with van der Waals surface area (Å²) in [5.41, 5.74) is 0. The molecule has 1 atom stereocenters. The highest BCUT2D eigenvalue weighted by molar-refractivity contribution is 5.66. The zero-order chi connectivity index (χ0) is 13.7. The van der Waals surface area contributed by atoms with Gasteiger partial charge >= 0.3 is 5.97 Å². The van der Waals surface area contributed by atoms with E-state index in [1.54, 1.807) is 0 Å². The number of carboxylic acid groups (broad SMARTS) is 1. The second-order valence-electron chi connectivity index (χ2n) is 6.49. The Hall–Kier alpha value is -0.570. The third-order valence-electron chi connectivity index (χ3n) is 4.42. The van der Waals surface area contributed by atoms with Gasteiger partial charge in [-0.05, 0) is 43.1 Å². The van der Waals surface area contributed by atoms with Gasteiger partial charge in [0.05, 0.1) is 0 Å². The van der Waals surface area contributed by atoms with Crippen molar-refractivity contribution in [1.82, 2.24) is 4.90 Å². The lowest BCUT2D eigenvalue weighted by atomic mass is 9.85. The van der Waals surface area contributed by atoms with E-state index in [9.17, 15) is 4.79 Å². The number of likely N-dealkylation sites (tertiary alicyclic amines) is 1. The average Bonchev–Trinajstić information content (AvgIpc) is 2.18. The summed E-state index contributed by atoms with van der Waals surface area (Å²) in [5, 5.41) is 8.76. The van der Waals surface area contributed by atoms with Crippen molar-refractivity contribution < 1.29 is 9.90 Å². The molecule has 1 N–H and O–H groups in total. The van der Waals surface area contributed by atoms with Gasteiger partial charge in [-0.2, -0.15) is 0 Å². The van der Waals surface area contributed by atoms with E-state index in [0.29, 0.717) is 18.3 Å². The van der Waals surface area contributed by atoms with Crippen LogP contribution in [0.3, 0.4) is 0 Å². The van der Waals surface area contributed by atoms with E-state index in [-0.39, 0.29) is 0 Å². The van der Waals surface area contributed by atoms with Crippen molar-refractivity contribution in [3.8, 4) is 0 Å². The van der Waals surface area contributed by atoms with Gasteiger partial charge in [-0.3, -0.25) is 4.79 Å². The van der Waals surface area contributed by atoms with Gasteiger partial charge in [0.15, 0.2) is 0 Å². The third-order valence-corrected chi connectivity index (χ3v) is 4.42. The molecule has 1 heterocycles. The molecule has 3 nitrogen and oxygen atoms in total. The Morgan fingerprint density at radius 2 is 1.83 bits per heavy atom. The van der Waals surface area contributed by atoms with Crippen LogP contribution in [0.15, 0.2) is 0 Å². The molecule has 18 heavy (non-hydrogen) atoms. The highest BCUT2D eigenvalue weighted by atomic mass is 16.4. The van der Waals surface area contributed by atoms with Crippen molar-refractivity contribution in [1.29, 1.82) is 0 Å². The monoisotopic (exact) mass is 255 g/mol. The van der Waals surface area contributed by atoms with Crippen LogP contribution in [0.25, 0.3) is 0 Å². The largest absolute Gasteiger partial charge is 0.481 e. The van der Waals surface area contributed by atoms with Crippen molar-refractivity contribution >= 4 is 5.97 Å². The van der Waals surface area contributed by atoms with Crippen molar-refractivity contribution in [2.75, 3.05) is 19.6 Å². The highest BCUT2D eigenvalue weighted by Gasteiger charge is 2.29. The van der Waals surface area contributed by atoms with E-state index in [4.69, 9.17) is 5.11 Å². The Bertz CT molecular complexity index is 257. The summed E-state index contributed by atoms with van der Waals surface area (Å²) in [7, 11) is 0. The predicted molar refractivity (Wildman–Crippen MR) is 74.6 cm³/mol. The van der Waals surface area contributed by atoms with Crippen LogP contribution in [0.4, 0.5) is 0 Å². The summed E-state index contributed by atoms with van der Waals surface area (Å²) in [6.07, 6.45) is 2.29. The molecule has 3 heteroatoms. The van der Waals surface area contributed by atoms with Gasteiger partial charge in [-0.15, -0.1) is 0 Å².